The van der Waals surface area contributed by atoms with Crippen molar-refractivity contribution in [3.8, 4) is 0 Å². The first-order valence-corrected chi connectivity index (χ1v) is 6.32. The van der Waals surface area contributed by atoms with E-state index in [4.69, 9.17) is 5.73 Å². The van der Waals surface area contributed by atoms with Crippen LogP contribution in [0.15, 0.2) is 6.07 Å². The summed E-state index contributed by atoms with van der Waals surface area (Å²) in [7, 11) is 0. The first kappa shape index (κ1) is 10.2. The van der Waals surface area contributed by atoms with Crippen LogP contribution in [0.4, 0.5) is 0 Å². The van der Waals surface area contributed by atoms with Crippen molar-refractivity contribution in [3.63, 3.8) is 0 Å². The van der Waals surface area contributed by atoms with Crippen LogP contribution in [0.5, 0.6) is 0 Å². The minimum atomic E-state index is 0.301. The van der Waals surface area contributed by atoms with Gasteiger partial charge in [-0.1, -0.05) is 12.8 Å². The Morgan fingerprint density at radius 3 is 2.50 bits per heavy atom. The summed E-state index contributed by atoms with van der Waals surface area (Å²) in [5.74, 6) is 0.743. The van der Waals surface area contributed by atoms with Crippen LogP contribution < -0.4 is 5.73 Å². The molecule has 1 fully saturated rings. The highest BCUT2D eigenvalue weighted by molar-refractivity contribution is 7.12. The van der Waals surface area contributed by atoms with Gasteiger partial charge < -0.3 is 5.73 Å². The summed E-state index contributed by atoms with van der Waals surface area (Å²) < 4.78 is 0. The van der Waals surface area contributed by atoms with Crippen LogP contribution in [0.25, 0.3) is 0 Å². The van der Waals surface area contributed by atoms with Gasteiger partial charge >= 0.3 is 0 Å². The molecule has 14 heavy (non-hydrogen) atoms. The third-order valence-corrected chi connectivity index (χ3v) is 4.68. The molecule has 1 unspecified atom stereocenters. The second-order valence-electron chi connectivity index (χ2n) is 4.46. The maximum atomic E-state index is 6.29. The van der Waals surface area contributed by atoms with Gasteiger partial charge in [-0.05, 0) is 44.2 Å². The van der Waals surface area contributed by atoms with Crippen molar-refractivity contribution in [2.24, 2.45) is 11.7 Å². The molecular formula is C12H19NS. The van der Waals surface area contributed by atoms with Gasteiger partial charge in [0.2, 0.25) is 0 Å². The first-order chi connectivity index (χ1) is 6.68. The van der Waals surface area contributed by atoms with Gasteiger partial charge in [0, 0.05) is 15.8 Å². The quantitative estimate of drug-likeness (QED) is 0.792. The lowest BCUT2D eigenvalue weighted by molar-refractivity contribution is 0.450. The lowest BCUT2D eigenvalue weighted by Crippen LogP contribution is -2.17. The van der Waals surface area contributed by atoms with Gasteiger partial charge in [0.15, 0.2) is 0 Å². The Bertz CT molecular complexity index is 291. The molecule has 0 spiro atoms. The van der Waals surface area contributed by atoms with E-state index in [1.165, 1.54) is 41.0 Å². The summed E-state index contributed by atoms with van der Waals surface area (Å²) in [5.41, 5.74) is 7.69. The van der Waals surface area contributed by atoms with Crippen LogP contribution in [0.1, 0.15) is 47.0 Å². The Morgan fingerprint density at radius 1 is 1.36 bits per heavy atom. The Balaban J connectivity index is 2.13. The molecule has 1 saturated carbocycles. The predicted molar refractivity (Wildman–Crippen MR) is 62.7 cm³/mol. The van der Waals surface area contributed by atoms with Crippen molar-refractivity contribution in [1.82, 2.24) is 0 Å². The Hall–Kier alpha value is -0.340. The van der Waals surface area contributed by atoms with Gasteiger partial charge in [0.05, 0.1) is 0 Å². The van der Waals surface area contributed by atoms with E-state index in [1.54, 1.807) is 0 Å². The highest BCUT2D eigenvalue weighted by atomic mass is 32.1. The minimum absolute atomic E-state index is 0.301. The summed E-state index contributed by atoms with van der Waals surface area (Å²) in [6.07, 6.45) is 5.41. The van der Waals surface area contributed by atoms with Crippen molar-refractivity contribution in [3.05, 3.63) is 21.4 Å². The molecule has 0 saturated heterocycles. The zero-order chi connectivity index (χ0) is 10.1. The normalized spacial score (nSPS) is 20.2. The maximum Gasteiger partial charge on any atom is 0.0418 e. The number of thiophene rings is 1. The molecule has 1 heterocycles. The molecule has 1 nitrogen and oxygen atoms in total. The van der Waals surface area contributed by atoms with E-state index in [0.29, 0.717) is 6.04 Å². The van der Waals surface area contributed by atoms with Crippen LogP contribution in [-0.2, 0) is 0 Å². The average molecular weight is 209 g/mol. The van der Waals surface area contributed by atoms with E-state index in [2.05, 4.69) is 19.9 Å². The van der Waals surface area contributed by atoms with E-state index < -0.39 is 0 Å². The Kier molecular flexibility index (Phi) is 2.93. The predicted octanol–water partition coefficient (Wildman–Crippen LogP) is 3.55. The van der Waals surface area contributed by atoms with Crippen molar-refractivity contribution in [2.45, 2.75) is 45.6 Å². The number of hydrogen-bond acceptors (Lipinski definition) is 2. The molecule has 2 heteroatoms. The van der Waals surface area contributed by atoms with E-state index in [9.17, 15) is 0 Å². The van der Waals surface area contributed by atoms with E-state index in [0.717, 1.165) is 5.92 Å². The number of rotatable bonds is 2. The molecule has 1 aromatic rings. The monoisotopic (exact) mass is 209 g/mol. The van der Waals surface area contributed by atoms with Crippen LogP contribution in [0, 0.1) is 19.8 Å². The molecule has 0 radical (unpaired) electrons. The van der Waals surface area contributed by atoms with Crippen molar-refractivity contribution >= 4 is 11.3 Å². The third-order valence-electron chi connectivity index (χ3n) is 3.42. The maximum absolute atomic E-state index is 6.29. The van der Waals surface area contributed by atoms with Crippen molar-refractivity contribution in [1.29, 1.82) is 0 Å². The SMILES string of the molecule is Cc1cc(C(N)C2CCCC2)sc1C. The van der Waals surface area contributed by atoms with Crippen LogP contribution in [0.3, 0.4) is 0 Å². The van der Waals surface area contributed by atoms with Crippen LogP contribution in [0.2, 0.25) is 0 Å². The zero-order valence-corrected chi connectivity index (χ0v) is 9.86. The fourth-order valence-electron chi connectivity index (χ4n) is 2.31. The van der Waals surface area contributed by atoms with Crippen molar-refractivity contribution < 1.29 is 0 Å². The van der Waals surface area contributed by atoms with E-state index in [-0.39, 0.29) is 0 Å². The largest absolute Gasteiger partial charge is 0.323 e. The molecule has 1 atom stereocenters. The van der Waals surface area contributed by atoms with E-state index in [1.807, 2.05) is 11.3 Å². The van der Waals surface area contributed by atoms with Gasteiger partial charge in [-0.2, -0.15) is 0 Å². The second-order valence-corrected chi connectivity index (χ2v) is 5.75. The summed E-state index contributed by atoms with van der Waals surface area (Å²) in [4.78, 5) is 2.82. The lowest BCUT2D eigenvalue weighted by Gasteiger charge is -2.16. The van der Waals surface area contributed by atoms with Gasteiger partial charge in [-0.15, -0.1) is 11.3 Å². The Labute approximate surface area is 90.3 Å². The molecule has 1 aliphatic carbocycles. The number of hydrogen-bond donors (Lipinski definition) is 1. The lowest BCUT2D eigenvalue weighted by atomic mass is 9.97. The Morgan fingerprint density at radius 2 is 2.00 bits per heavy atom. The van der Waals surface area contributed by atoms with Crippen LogP contribution in [-0.4, -0.2) is 0 Å². The minimum Gasteiger partial charge on any atom is -0.323 e. The molecule has 0 bridgehead atoms. The molecule has 0 aromatic carbocycles. The second kappa shape index (κ2) is 4.03. The fourth-order valence-corrected chi connectivity index (χ4v) is 3.45. The van der Waals surface area contributed by atoms with E-state index >= 15 is 0 Å². The summed E-state index contributed by atoms with van der Waals surface area (Å²) in [6.45, 7) is 4.36. The highest BCUT2D eigenvalue weighted by Crippen LogP contribution is 2.37. The van der Waals surface area contributed by atoms with Crippen LogP contribution >= 0.6 is 11.3 Å². The summed E-state index contributed by atoms with van der Waals surface area (Å²) in [6, 6.07) is 2.58. The summed E-state index contributed by atoms with van der Waals surface area (Å²) in [5, 5.41) is 0. The standard InChI is InChI=1S/C12H19NS/c1-8-7-11(14-9(8)2)12(13)10-5-3-4-6-10/h7,10,12H,3-6,13H2,1-2H3. The molecule has 1 aromatic heterocycles. The first-order valence-electron chi connectivity index (χ1n) is 5.51. The molecule has 78 valence electrons. The average Bonchev–Trinajstić information content (AvgIpc) is 2.76. The molecule has 2 N–H and O–H groups in total. The molecule has 1 aliphatic rings. The fraction of sp³-hybridized carbons (Fsp3) is 0.667. The topological polar surface area (TPSA) is 26.0 Å². The van der Waals surface area contributed by atoms with Gasteiger partial charge in [-0.3, -0.25) is 0 Å². The van der Waals surface area contributed by atoms with Gasteiger partial charge in [-0.25, -0.2) is 0 Å². The number of nitrogens with two attached hydrogens (primary N) is 1. The molecule has 2 rings (SSSR count). The van der Waals surface area contributed by atoms with Gasteiger partial charge in [0.1, 0.15) is 0 Å². The smallest absolute Gasteiger partial charge is 0.0418 e. The van der Waals surface area contributed by atoms with Gasteiger partial charge in [0.25, 0.3) is 0 Å². The molecular weight excluding hydrogens is 190 g/mol. The van der Waals surface area contributed by atoms with Crippen molar-refractivity contribution in [2.75, 3.05) is 0 Å². The summed E-state index contributed by atoms with van der Waals surface area (Å²) >= 11 is 1.88. The number of aryl methyl sites for hydroxylation is 2. The molecule has 0 aliphatic heterocycles. The third kappa shape index (κ3) is 1.86. The zero-order valence-electron chi connectivity index (χ0n) is 9.05. The molecule has 0 amide bonds. The highest BCUT2D eigenvalue weighted by Gasteiger charge is 2.24.